The first-order valence-corrected chi connectivity index (χ1v) is 9.94. The number of methoxy groups -OCH3 is 2. The molecule has 1 amide bonds. The lowest BCUT2D eigenvalue weighted by atomic mass is 10.1. The van der Waals surface area contributed by atoms with Crippen LogP contribution >= 0.6 is 0 Å². The molecule has 0 unspecified atom stereocenters. The largest absolute Gasteiger partial charge is 0.494 e. The van der Waals surface area contributed by atoms with E-state index in [0.717, 1.165) is 16.5 Å². The van der Waals surface area contributed by atoms with Crippen LogP contribution in [0, 0.1) is 5.82 Å². The second-order valence-corrected chi connectivity index (χ2v) is 7.38. The number of nitrogens with zero attached hydrogens (tertiary/aromatic N) is 2. The molecule has 0 atom stereocenters. The summed E-state index contributed by atoms with van der Waals surface area (Å²) in [6, 6.07) is 12.6. The van der Waals surface area contributed by atoms with E-state index in [1.54, 1.807) is 13.2 Å². The van der Waals surface area contributed by atoms with Gasteiger partial charge < -0.3 is 18.8 Å². The molecule has 2 aromatic carbocycles. The summed E-state index contributed by atoms with van der Waals surface area (Å²) < 4.78 is 30.1. The number of para-hydroxylation sites is 1. The second-order valence-electron chi connectivity index (χ2n) is 7.38. The molecule has 0 N–H and O–H groups in total. The van der Waals surface area contributed by atoms with Gasteiger partial charge in [0.1, 0.15) is 5.58 Å². The molecule has 1 aliphatic rings. The van der Waals surface area contributed by atoms with Crippen molar-refractivity contribution in [1.29, 1.82) is 0 Å². The number of carbonyl (C=O) groups excluding carboxylic acids is 1. The summed E-state index contributed by atoms with van der Waals surface area (Å²) in [5, 5.41) is 0.905. The van der Waals surface area contributed by atoms with Crippen LogP contribution in [0.4, 0.5) is 4.39 Å². The lowest BCUT2D eigenvalue weighted by Crippen LogP contribution is -2.48. The maximum atomic E-state index is 13.9. The molecule has 0 saturated carbocycles. The molecule has 0 spiro atoms. The van der Waals surface area contributed by atoms with Gasteiger partial charge >= 0.3 is 0 Å². The zero-order chi connectivity index (χ0) is 21.1. The van der Waals surface area contributed by atoms with Crippen molar-refractivity contribution in [3.05, 3.63) is 65.2 Å². The number of halogens is 1. The summed E-state index contributed by atoms with van der Waals surface area (Å²) in [4.78, 5) is 17.2. The molecule has 1 aromatic heterocycles. The molecule has 0 radical (unpaired) electrons. The Morgan fingerprint density at radius 1 is 1.10 bits per heavy atom. The van der Waals surface area contributed by atoms with Crippen molar-refractivity contribution in [3.63, 3.8) is 0 Å². The van der Waals surface area contributed by atoms with Gasteiger partial charge in [-0.2, -0.15) is 0 Å². The van der Waals surface area contributed by atoms with Crippen LogP contribution in [-0.4, -0.2) is 56.1 Å². The van der Waals surface area contributed by atoms with Crippen LogP contribution in [0.15, 0.2) is 46.9 Å². The van der Waals surface area contributed by atoms with Gasteiger partial charge in [-0.25, -0.2) is 4.39 Å². The highest BCUT2D eigenvalue weighted by Gasteiger charge is 2.28. The highest BCUT2D eigenvalue weighted by Crippen LogP contribution is 2.28. The topological polar surface area (TPSA) is 55.2 Å². The van der Waals surface area contributed by atoms with Crippen molar-refractivity contribution < 1.29 is 23.1 Å². The van der Waals surface area contributed by atoms with Gasteiger partial charge in [0.25, 0.3) is 5.91 Å². The van der Waals surface area contributed by atoms with Gasteiger partial charge in [-0.1, -0.05) is 24.3 Å². The number of benzene rings is 2. The van der Waals surface area contributed by atoms with Crippen LogP contribution in [0.3, 0.4) is 0 Å². The quantitative estimate of drug-likeness (QED) is 0.618. The Bertz CT molecular complexity index is 1040. The van der Waals surface area contributed by atoms with Gasteiger partial charge in [0.2, 0.25) is 0 Å². The van der Waals surface area contributed by atoms with Gasteiger partial charge in [-0.15, -0.1) is 0 Å². The summed E-state index contributed by atoms with van der Waals surface area (Å²) in [5.41, 5.74) is 2.36. The molecular formula is C23H25FN2O4. The van der Waals surface area contributed by atoms with E-state index in [1.165, 1.54) is 13.2 Å². The third kappa shape index (κ3) is 4.04. The van der Waals surface area contributed by atoms with E-state index in [-0.39, 0.29) is 17.5 Å². The van der Waals surface area contributed by atoms with Gasteiger partial charge in [-0.3, -0.25) is 9.69 Å². The minimum absolute atomic E-state index is 0.117. The lowest BCUT2D eigenvalue weighted by molar-refractivity contribution is 0.0594. The number of furan rings is 1. The van der Waals surface area contributed by atoms with Crippen molar-refractivity contribution in [2.75, 3.05) is 40.4 Å². The molecule has 1 fully saturated rings. The molecule has 3 aromatic rings. The third-order valence-corrected chi connectivity index (χ3v) is 5.46. The van der Waals surface area contributed by atoms with Gasteiger partial charge in [0, 0.05) is 50.8 Å². The lowest BCUT2D eigenvalue weighted by Gasteiger charge is -2.34. The Labute approximate surface area is 174 Å². The molecule has 6 nitrogen and oxygen atoms in total. The Hall–Kier alpha value is -2.90. The van der Waals surface area contributed by atoms with E-state index in [2.05, 4.69) is 4.90 Å². The zero-order valence-electron chi connectivity index (χ0n) is 17.2. The predicted molar refractivity (Wildman–Crippen MR) is 111 cm³/mol. The predicted octanol–water partition coefficient (Wildman–Crippen LogP) is 3.68. The second kappa shape index (κ2) is 8.85. The molecule has 158 valence electrons. The monoisotopic (exact) mass is 412 g/mol. The zero-order valence-corrected chi connectivity index (χ0v) is 17.2. The summed E-state index contributed by atoms with van der Waals surface area (Å²) in [6.45, 7) is 3.53. The maximum absolute atomic E-state index is 13.9. The molecule has 30 heavy (non-hydrogen) atoms. The number of hydrogen-bond acceptors (Lipinski definition) is 5. The SMILES string of the molecule is COCc1c(C(=O)N2CCN(Cc3ccc(OC)c(F)c3)CC2)oc2ccccc12. The molecule has 1 aliphatic heterocycles. The fraction of sp³-hybridized carbons (Fsp3) is 0.348. The average Bonchev–Trinajstić information content (AvgIpc) is 3.13. The molecule has 1 saturated heterocycles. The van der Waals surface area contributed by atoms with Crippen molar-refractivity contribution >= 4 is 16.9 Å². The van der Waals surface area contributed by atoms with Gasteiger partial charge in [-0.05, 0) is 23.8 Å². The Morgan fingerprint density at radius 2 is 1.87 bits per heavy atom. The summed E-state index contributed by atoms with van der Waals surface area (Å²) in [5.74, 6) is 0.114. The van der Waals surface area contributed by atoms with Gasteiger partial charge in [0.05, 0.1) is 13.7 Å². The van der Waals surface area contributed by atoms with E-state index < -0.39 is 0 Å². The summed E-state index contributed by atoms with van der Waals surface area (Å²) in [7, 11) is 3.06. The summed E-state index contributed by atoms with van der Waals surface area (Å²) in [6.07, 6.45) is 0. The van der Waals surface area contributed by atoms with E-state index in [1.807, 2.05) is 35.2 Å². The highest BCUT2D eigenvalue weighted by molar-refractivity contribution is 5.99. The molecule has 0 aliphatic carbocycles. The maximum Gasteiger partial charge on any atom is 0.290 e. The number of piperazine rings is 1. The minimum Gasteiger partial charge on any atom is -0.494 e. The number of amides is 1. The van der Waals surface area contributed by atoms with E-state index >= 15 is 0 Å². The van der Waals surface area contributed by atoms with Crippen molar-refractivity contribution in [1.82, 2.24) is 9.80 Å². The number of rotatable bonds is 6. The molecular weight excluding hydrogens is 387 g/mol. The summed E-state index contributed by atoms with van der Waals surface area (Å²) >= 11 is 0. The minimum atomic E-state index is -0.362. The van der Waals surface area contributed by atoms with E-state index in [0.29, 0.717) is 50.7 Å². The van der Waals surface area contributed by atoms with Crippen LogP contribution in [0.5, 0.6) is 5.75 Å². The van der Waals surface area contributed by atoms with Crippen molar-refractivity contribution in [3.8, 4) is 5.75 Å². The standard InChI is InChI=1S/C23H25FN2O4/c1-28-15-18-17-5-3-4-6-20(17)30-22(18)23(27)26-11-9-25(10-12-26)14-16-7-8-21(29-2)19(24)13-16/h3-8,13H,9-12,14-15H2,1-2H3. The average molecular weight is 412 g/mol. The van der Waals surface area contributed by atoms with Crippen LogP contribution in [0.25, 0.3) is 11.0 Å². The number of hydrogen-bond donors (Lipinski definition) is 0. The Kier molecular flexibility index (Phi) is 6.01. The normalized spacial score (nSPS) is 15.0. The van der Waals surface area contributed by atoms with Crippen LogP contribution in [0.2, 0.25) is 0 Å². The molecule has 4 rings (SSSR count). The first-order chi connectivity index (χ1) is 14.6. The van der Waals surface area contributed by atoms with Crippen LogP contribution < -0.4 is 4.74 Å². The van der Waals surface area contributed by atoms with Crippen LogP contribution in [-0.2, 0) is 17.9 Å². The molecule has 7 heteroatoms. The van der Waals surface area contributed by atoms with Gasteiger partial charge in [0.15, 0.2) is 17.3 Å². The first kappa shape index (κ1) is 20.4. The van der Waals surface area contributed by atoms with E-state index in [4.69, 9.17) is 13.9 Å². The fourth-order valence-corrected chi connectivity index (χ4v) is 3.88. The van der Waals surface area contributed by atoms with E-state index in [9.17, 15) is 9.18 Å². The van der Waals surface area contributed by atoms with Crippen molar-refractivity contribution in [2.24, 2.45) is 0 Å². The third-order valence-electron chi connectivity index (χ3n) is 5.46. The molecule has 0 bridgehead atoms. The van der Waals surface area contributed by atoms with Crippen molar-refractivity contribution in [2.45, 2.75) is 13.2 Å². The Balaban J connectivity index is 1.43. The smallest absolute Gasteiger partial charge is 0.290 e. The van der Waals surface area contributed by atoms with Crippen LogP contribution in [0.1, 0.15) is 21.7 Å². The first-order valence-electron chi connectivity index (χ1n) is 9.94. The highest BCUT2D eigenvalue weighted by atomic mass is 19.1. The Morgan fingerprint density at radius 3 is 2.57 bits per heavy atom. The number of fused-ring (bicyclic) bond motifs is 1. The number of carbonyl (C=O) groups is 1. The number of ether oxygens (including phenoxy) is 2. The molecule has 2 heterocycles. The fourth-order valence-electron chi connectivity index (χ4n) is 3.88.